The van der Waals surface area contributed by atoms with Crippen LogP contribution in [0.2, 0.25) is 5.02 Å². The molecule has 3 aromatic rings. The number of ether oxygens (including phenoxy) is 3. The summed E-state index contributed by atoms with van der Waals surface area (Å²) in [6, 6.07) is 16.4. The third kappa shape index (κ3) is 7.31. The summed E-state index contributed by atoms with van der Waals surface area (Å²) in [4.78, 5) is 36.2. The molecule has 0 unspecified atom stereocenters. The predicted molar refractivity (Wildman–Crippen MR) is 140 cm³/mol. The lowest BCUT2D eigenvalue weighted by atomic mass is 10.1. The number of methoxy groups -OCH3 is 2. The average Bonchev–Trinajstić information content (AvgIpc) is 2.91. The number of rotatable bonds is 10. The number of amides is 1. The molecule has 2 N–H and O–H groups in total. The van der Waals surface area contributed by atoms with Crippen LogP contribution in [0.15, 0.2) is 71.6 Å². The van der Waals surface area contributed by atoms with Crippen LogP contribution in [0, 0.1) is 0 Å². The Hall–Kier alpha value is -3.93. The lowest BCUT2D eigenvalue weighted by Gasteiger charge is -2.15. The van der Waals surface area contributed by atoms with Crippen LogP contribution in [0.25, 0.3) is 0 Å². The Balaban J connectivity index is 1.67. The summed E-state index contributed by atoms with van der Waals surface area (Å²) in [7, 11) is -1.53. The first kappa shape index (κ1) is 28.6. The highest BCUT2D eigenvalue weighted by atomic mass is 35.5. The molecule has 0 aliphatic heterocycles. The molecule has 0 heterocycles. The molecule has 200 valence electrons. The molecule has 0 saturated heterocycles. The number of benzene rings is 3. The number of hydrogen-bond acceptors (Lipinski definition) is 8. The third-order valence-electron chi connectivity index (χ3n) is 5.26. The fraction of sp³-hybridized carbons (Fsp3) is 0.192. The van der Waals surface area contributed by atoms with Gasteiger partial charge in [0.05, 0.1) is 35.3 Å². The van der Waals surface area contributed by atoms with Crippen molar-refractivity contribution in [3.05, 3.63) is 88.4 Å². The van der Waals surface area contributed by atoms with E-state index in [1.54, 1.807) is 6.92 Å². The van der Waals surface area contributed by atoms with Crippen LogP contribution in [0.1, 0.15) is 39.2 Å². The monoisotopic (exact) mass is 560 g/mol. The number of carbonyl (C=O) groups excluding carboxylic acids is 3. The van der Waals surface area contributed by atoms with Gasteiger partial charge < -0.3 is 19.5 Å². The number of hydrogen-bond donors (Lipinski definition) is 2. The van der Waals surface area contributed by atoms with Gasteiger partial charge in [0.15, 0.2) is 6.61 Å². The van der Waals surface area contributed by atoms with Crippen LogP contribution in [0.4, 0.5) is 5.69 Å². The van der Waals surface area contributed by atoms with Crippen molar-refractivity contribution < 1.29 is 37.0 Å². The van der Waals surface area contributed by atoms with Gasteiger partial charge in [0.1, 0.15) is 5.75 Å². The average molecular weight is 561 g/mol. The highest BCUT2D eigenvalue weighted by molar-refractivity contribution is 7.89. The number of carbonyl (C=O) groups is 3. The summed E-state index contributed by atoms with van der Waals surface area (Å²) in [5.74, 6) is -1.97. The van der Waals surface area contributed by atoms with Gasteiger partial charge in [-0.05, 0) is 48.9 Å². The summed E-state index contributed by atoms with van der Waals surface area (Å²) < 4.78 is 43.0. The molecule has 0 fully saturated rings. The molecular formula is C26H25ClN2O8S. The molecule has 3 aromatic carbocycles. The maximum atomic E-state index is 12.8. The standard InChI is InChI=1S/C26H25ClN2O8S/c1-16(17-7-5-4-6-8-17)29-38(33,34)21-9-10-23(22(27)14-21)37-15-24(30)28-20-12-18(25(31)35-2)11-19(13-20)26(32)36-3/h4-14,16,29H,15H2,1-3H3,(H,28,30)/t16-/m0/s1. The van der Waals surface area contributed by atoms with E-state index in [4.69, 9.17) is 16.3 Å². The van der Waals surface area contributed by atoms with Crippen molar-refractivity contribution in [2.24, 2.45) is 0 Å². The third-order valence-corrected chi connectivity index (χ3v) is 7.10. The van der Waals surface area contributed by atoms with Gasteiger partial charge in [-0.15, -0.1) is 0 Å². The number of anilines is 1. The van der Waals surface area contributed by atoms with Gasteiger partial charge in [0, 0.05) is 11.7 Å². The van der Waals surface area contributed by atoms with Crippen LogP contribution >= 0.6 is 11.6 Å². The lowest BCUT2D eigenvalue weighted by Crippen LogP contribution is -2.27. The van der Waals surface area contributed by atoms with Gasteiger partial charge in [-0.3, -0.25) is 4.79 Å². The van der Waals surface area contributed by atoms with E-state index < -0.39 is 40.5 Å². The Morgan fingerprint density at radius 2 is 1.50 bits per heavy atom. The molecule has 0 aliphatic rings. The molecule has 0 bridgehead atoms. The van der Waals surface area contributed by atoms with Crippen molar-refractivity contribution in [2.45, 2.75) is 17.9 Å². The van der Waals surface area contributed by atoms with E-state index in [2.05, 4.69) is 19.5 Å². The second-order valence-electron chi connectivity index (χ2n) is 7.96. The van der Waals surface area contributed by atoms with E-state index in [0.29, 0.717) is 0 Å². The maximum absolute atomic E-state index is 12.8. The van der Waals surface area contributed by atoms with Gasteiger partial charge in [0.25, 0.3) is 5.91 Å². The highest BCUT2D eigenvalue weighted by Gasteiger charge is 2.20. The first-order valence-electron chi connectivity index (χ1n) is 11.1. The SMILES string of the molecule is COC(=O)c1cc(NC(=O)COc2ccc(S(=O)(=O)N[C@@H](C)c3ccccc3)cc2Cl)cc(C(=O)OC)c1. The minimum Gasteiger partial charge on any atom is -0.482 e. The van der Waals surface area contributed by atoms with E-state index in [-0.39, 0.29) is 32.5 Å². The van der Waals surface area contributed by atoms with E-state index in [9.17, 15) is 22.8 Å². The predicted octanol–water partition coefficient (Wildman–Crippen LogP) is 3.97. The molecule has 3 rings (SSSR count). The Labute approximate surface area is 224 Å². The molecule has 0 aromatic heterocycles. The van der Waals surface area contributed by atoms with Crippen molar-refractivity contribution in [3.8, 4) is 5.75 Å². The lowest BCUT2D eigenvalue weighted by molar-refractivity contribution is -0.118. The number of esters is 2. The van der Waals surface area contributed by atoms with E-state index in [1.165, 1.54) is 50.6 Å². The second kappa shape index (κ2) is 12.5. The number of sulfonamides is 1. The van der Waals surface area contributed by atoms with E-state index in [0.717, 1.165) is 5.56 Å². The van der Waals surface area contributed by atoms with Crippen LogP contribution < -0.4 is 14.8 Å². The molecule has 12 heteroatoms. The van der Waals surface area contributed by atoms with Crippen LogP contribution in [-0.2, 0) is 24.3 Å². The van der Waals surface area contributed by atoms with Gasteiger partial charge in [-0.1, -0.05) is 41.9 Å². The highest BCUT2D eigenvalue weighted by Crippen LogP contribution is 2.28. The Kier molecular flexibility index (Phi) is 9.45. The molecule has 1 atom stereocenters. The normalized spacial score (nSPS) is 11.8. The van der Waals surface area contributed by atoms with Gasteiger partial charge in [-0.2, -0.15) is 0 Å². The minimum absolute atomic E-state index is 0.0197. The molecule has 0 spiro atoms. The van der Waals surface area contributed by atoms with Crippen LogP contribution in [-0.4, -0.2) is 47.1 Å². The van der Waals surface area contributed by atoms with Gasteiger partial charge >= 0.3 is 11.9 Å². The quantitative estimate of drug-likeness (QED) is 0.355. The van der Waals surface area contributed by atoms with Crippen LogP contribution in [0.5, 0.6) is 5.75 Å². The topological polar surface area (TPSA) is 137 Å². The fourth-order valence-electron chi connectivity index (χ4n) is 3.39. The summed E-state index contributed by atoms with van der Waals surface area (Å²) in [5.41, 5.74) is 0.986. The Morgan fingerprint density at radius 1 is 0.895 bits per heavy atom. The Morgan fingerprint density at radius 3 is 2.05 bits per heavy atom. The van der Waals surface area contributed by atoms with Crippen molar-refractivity contribution in [2.75, 3.05) is 26.1 Å². The minimum atomic E-state index is -3.89. The summed E-state index contributed by atoms with van der Waals surface area (Å²) in [6.45, 7) is 1.23. The number of halogens is 1. The molecule has 0 saturated carbocycles. The first-order valence-corrected chi connectivity index (χ1v) is 13.0. The van der Waals surface area contributed by atoms with E-state index in [1.807, 2.05) is 30.3 Å². The summed E-state index contributed by atoms with van der Waals surface area (Å²) in [6.07, 6.45) is 0. The zero-order chi connectivity index (χ0) is 27.9. The van der Waals surface area contributed by atoms with Crippen molar-refractivity contribution in [3.63, 3.8) is 0 Å². The largest absolute Gasteiger partial charge is 0.482 e. The van der Waals surface area contributed by atoms with Crippen molar-refractivity contribution >= 4 is 45.2 Å². The molecule has 0 aliphatic carbocycles. The fourth-order valence-corrected chi connectivity index (χ4v) is 4.95. The molecular weight excluding hydrogens is 536 g/mol. The van der Waals surface area contributed by atoms with E-state index >= 15 is 0 Å². The zero-order valence-corrected chi connectivity index (χ0v) is 22.3. The number of nitrogens with one attached hydrogen (secondary N) is 2. The van der Waals surface area contributed by atoms with Crippen molar-refractivity contribution in [1.82, 2.24) is 4.72 Å². The van der Waals surface area contributed by atoms with Gasteiger partial charge in [0.2, 0.25) is 10.0 Å². The smallest absolute Gasteiger partial charge is 0.337 e. The second-order valence-corrected chi connectivity index (χ2v) is 10.1. The molecule has 38 heavy (non-hydrogen) atoms. The molecule has 10 nitrogen and oxygen atoms in total. The maximum Gasteiger partial charge on any atom is 0.337 e. The zero-order valence-electron chi connectivity index (χ0n) is 20.7. The summed E-state index contributed by atoms with van der Waals surface area (Å²) in [5, 5.41) is 2.49. The van der Waals surface area contributed by atoms with Crippen molar-refractivity contribution in [1.29, 1.82) is 0 Å². The molecule has 1 amide bonds. The first-order chi connectivity index (χ1) is 18.0. The van der Waals surface area contributed by atoms with Gasteiger partial charge in [-0.25, -0.2) is 22.7 Å². The Bertz CT molecular complexity index is 1410. The van der Waals surface area contributed by atoms with Crippen LogP contribution in [0.3, 0.4) is 0 Å². The summed E-state index contributed by atoms with van der Waals surface area (Å²) >= 11 is 6.22. The molecule has 0 radical (unpaired) electrons.